The Hall–Kier alpha value is -1.67. The number of likely N-dealkylation sites (tertiary alicyclic amines) is 2. The van der Waals surface area contributed by atoms with Gasteiger partial charge in [0.15, 0.2) is 0 Å². The van der Waals surface area contributed by atoms with Crippen LogP contribution in [0.2, 0.25) is 0 Å². The highest BCUT2D eigenvalue weighted by atomic mass is 16.3. The molecule has 0 saturated carbocycles. The van der Waals surface area contributed by atoms with E-state index in [-0.39, 0.29) is 24.3 Å². The number of carbonyl (C=O) groups excluding carboxylic acids is 2. The maximum atomic E-state index is 12.2. The van der Waals surface area contributed by atoms with Crippen molar-refractivity contribution < 1.29 is 24.6 Å². The molecule has 2 aliphatic heterocycles. The molecule has 144 valence electrons. The third-order valence-electron chi connectivity index (χ3n) is 4.80. The van der Waals surface area contributed by atoms with Crippen LogP contribution in [0.5, 0.6) is 0 Å². The number of piperidine rings is 2. The highest BCUT2D eigenvalue weighted by Crippen LogP contribution is 2.17. The van der Waals surface area contributed by atoms with Gasteiger partial charge in [0.2, 0.25) is 11.8 Å². The fourth-order valence-corrected chi connectivity index (χ4v) is 3.43. The predicted molar refractivity (Wildman–Crippen MR) is 93.0 cm³/mol. The molecule has 2 N–H and O–H groups in total. The van der Waals surface area contributed by atoms with E-state index < -0.39 is 6.10 Å². The Kier molecular flexibility index (Phi) is 9.44. The Labute approximate surface area is 149 Å². The minimum absolute atomic E-state index is 0.0979. The first-order chi connectivity index (χ1) is 11.9. The first-order valence-corrected chi connectivity index (χ1v) is 8.88. The molecule has 2 rings (SSSR count). The Bertz CT molecular complexity index is 444. The molecule has 0 unspecified atom stereocenters. The van der Waals surface area contributed by atoms with Crippen molar-refractivity contribution in [3.8, 4) is 0 Å². The Balaban J connectivity index is 0.000000970. The highest BCUT2D eigenvalue weighted by molar-refractivity contribution is 5.77. The van der Waals surface area contributed by atoms with Gasteiger partial charge in [0, 0.05) is 45.1 Å². The molecule has 0 aromatic rings. The third-order valence-corrected chi connectivity index (χ3v) is 4.80. The zero-order valence-electron chi connectivity index (χ0n) is 15.3. The van der Waals surface area contributed by atoms with Gasteiger partial charge in [-0.1, -0.05) is 0 Å². The zero-order valence-corrected chi connectivity index (χ0v) is 15.3. The van der Waals surface area contributed by atoms with Crippen LogP contribution in [0.25, 0.3) is 0 Å². The lowest BCUT2D eigenvalue weighted by Gasteiger charge is -2.39. The number of amides is 2. The molecule has 0 bridgehead atoms. The number of likely N-dealkylation sites (N-methyl/N-ethyl adjacent to an activating group) is 1. The molecule has 8 heteroatoms. The molecule has 2 fully saturated rings. The number of hydrogen-bond acceptors (Lipinski definition) is 5. The number of hydrogen-bond donors (Lipinski definition) is 2. The number of β-amino-alcohol motifs (C(OH)–C–C–N with tert-alkyl or cyclic N) is 1. The van der Waals surface area contributed by atoms with Crippen LogP contribution >= 0.6 is 0 Å². The number of rotatable bonds is 5. The average molecular weight is 357 g/mol. The van der Waals surface area contributed by atoms with Crippen LogP contribution in [0.15, 0.2) is 0 Å². The van der Waals surface area contributed by atoms with Gasteiger partial charge in [-0.25, -0.2) is 0 Å². The van der Waals surface area contributed by atoms with E-state index in [9.17, 15) is 14.7 Å². The summed E-state index contributed by atoms with van der Waals surface area (Å²) in [5.41, 5.74) is 0. The summed E-state index contributed by atoms with van der Waals surface area (Å²) < 4.78 is 0. The van der Waals surface area contributed by atoms with E-state index in [0.717, 1.165) is 25.8 Å². The van der Waals surface area contributed by atoms with Gasteiger partial charge in [-0.05, 0) is 39.8 Å². The quantitative estimate of drug-likeness (QED) is 0.672. The van der Waals surface area contributed by atoms with Crippen molar-refractivity contribution in [1.29, 1.82) is 0 Å². The van der Waals surface area contributed by atoms with Gasteiger partial charge in [0.25, 0.3) is 6.47 Å². The van der Waals surface area contributed by atoms with Crippen LogP contribution in [0.3, 0.4) is 0 Å². The molecule has 0 radical (unpaired) electrons. The van der Waals surface area contributed by atoms with Crippen molar-refractivity contribution in [1.82, 2.24) is 14.7 Å². The maximum absolute atomic E-state index is 12.2. The van der Waals surface area contributed by atoms with Crippen molar-refractivity contribution in [2.45, 2.75) is 50.7 Å². The van der Waals surface area contributed by atoms with Crippen molar-refractivity contribution >= 4 is 18.3 Å². The molecule has 0 aromatic carbocycles. The molecular formula is C17H31N3O5. The smallest absolute Gasteiger partial charge is 0.290 e. The molecule has 2 saturated heterocycles. The van der Waals surface area contributed by atoms with Crippen LogP contribution in [0, 0.1) is 0 Å². The molecule has 2 atom stereocenters. The van der Waals surface area contributed by atoms with Gasteiger partial charge < -0.3 is 24.9 Å². The largest absolute Gasteiger partial charge is 0.483 e. The molecule has 2 amide bonds. The third kappa shape index (κ3) is 6.99. The topological polar surface area (TPSA) is 101 Å². The summed E-state index contributed by atoms with van der Waals surface area (Å²) in [5.74, 6) is 0.321. The van der Waals surface area contributed by atoms with Gasteiger partial charge >= 0.3 is 0 Å². The first-order valence-electron chi connectivity index (χ1n) is 8.88. The minimum atomic E-state index is -0.476. The number of aliphatic hydroxyl groups is 1. The monoisotopic (exact) mass is 357 g/mol. The van der Waals surface area contributed by atoms with E-state index >= 15 is 0 Å². The SMILES string of the molecule is CN(C)[C@H]1CCN(C(=O)CCCN2CCCCC2=O)C[C@@H]1O.O=CO. The lowest BCUT2D eigenvalue weighted by atomic mass is 10.0. The van der Waals surface area contributed by atoms with Crippen LogP contribution < -0.4 is 0 Å². The molecule has 0 aromatic heterocycles. The van der Waals surface area contributed by atoms with Crippen LogP contribution in [-0.2, 0) is 14.4 Å². The van der Waals surface area contributed by atoms with E-state index in [1.807, 2.05) is 23.9 Å². The van der Waals surface area contributed by atoms with E-state index in [2.05, 4.69) is 0 Å². The zero-order chi connectivity index (χ0) is 18.8. The molecular weight excluding hydrogens is 326 g/mol. The van der Waals surface area contributed by atoms with Gasteiger partial charge in [-0.3, -0.25) is 14.4 Å². The van der Waals surface area contributed by atoms with Gasteiger partial charge in [-0.15, -0.1) is 0 Å². The number of carboxylic acid groups (broad SMARTS) is 1. The summed E-state index contributed by atoms with van der Waals surface area (Å²) in [5, 5.41) is 17.0. The summed E-state index contributed by atoms with van der Waals surface area (Å²) in [6, 6.07) is 0.134. The first kappa shape index (κ1) is 21.4. The molecule has 25 heavy (non-hydrogen) atoms. The summed E-state index contributed by atoms with van der Waals surface area (Å²) in [6.45, 7) is 2.40. The van der Waals surface area contributed by atoms with Gasteiger partial charge in [0.1, 0.15) is 0 Å². The lowest BCUT2D eigenvalue weighted by Crippen LogP contribution is -2.53. The fourth-order valence-electron chi connectivity index (χ4n) is 3.43. The van der Waals surface area contributed by atoms with Crippen LogP contribution in [0.1, 0.15) is 38.5 Å². The fraction of sp³-hybridized carbons (Fsp3) is 0.824. The second kappa shape index (κ2) is 11.0. The summed E-state index contributed by atoms with van der Waals surface area (Å²) in [7, 11) is 3.92. The van der Waals surface area contributed by atoms with Crippen molar-refractivity contribution in [3.05, 3.63) is 0 Å². The van der Waals surface area contributed by atoms with Crippen molar-refractivity contribution in [2.75, 3.05) is 40.3 Å². The molecule has 0 spiro atoms. The second-order valence-corrected chi connectivity index (χ2v) is 6.77. The molecule has 2 aliphatic rings. The summed E-state index contributed by atoms with van der Waals surface area (Å²) >= 11 is 0. The normalized spacial score (nSPS) is 23.9. The lowest BCUT2D eigenvalue weighted by molar-refractivity contribution is -0.137. The van der Waals surface area contributed by atoms with Crippen molar-refractivity contribution in [3.63, 3.8) is 0 Å². The predicted octanol–water partition coefficient (Wildman–Crippen LogP) is 0.00330. The second-order valence-electron chi connectivity index (χ2n) is 6.77. The van der Waals surface area contributed by atoms with E-state index in [4.69, 9.17) is 9.90 Å². The van der Waals surface area contributed by atoms with E-state index in [1.54, 1.807) is 4.90 Å². The van der Waals surface area contributed by atoms with Crippen molar-refractivity contribution in [2.24, 2.45) is 0 Å². The molecule has 0 aliphatic carbocycles. The average Bonchev–Trinajstić information content (AvgIpc) is 2.56. The van der Waals surface area contributed by atoms with E-state index in [0.29, 0.717) is 38.9 Å². The minimum Gasteiger partial charge on any atom is -0.483 e. The summed E-state index contributed by atoms with van der Waals surface area (Å²) in [6.07, 6.45) is 4.23. The maximum Gasteiger partial charge on any atom is 0.290 e. The van der Waals surface area contributed by atoms with Gasteiger partial charge in [-0.2, -0.15) is 0 Å². The van der Waals surface area contributed by atoms with Crippen LogP contribution in [-0.4, -0.2) is 95.6 Å². The van der Waals surface area contributed by atoms with Crippen LogP contribution in [0.4, 0.5) is 0 Å². The summed E-state index contributed by atoms with van der Waals surface area (Å²) in [4.78, 5) is 38.0. The molecule has 8 nitrogen and oxygen atoms in total. The standard InChI is InChI=1S/C16H29N3O3.CH2O2/c1-17(2)13-8-11-19(12-14(13)20)16(22)7-5-10-18-9-4-3-6-15(18)21;2-1-3/h13-14,20H,3-12H2,1-2H3;1H,(H,2,3)/t13-,14-;/m0./s1. The molecule has 2 heterocycles. The number of aliphatic hydroxyl groups excluding tert-OH is 1. The number of carbonyl (C=O) groups is 3. The Morgan fingerprint density at radius 2 is 2.00 bits per heavy atom. The number of nitrogens with zero attached hydrogens (tertiary/aromatic N) is 3. The Morgan fingerprint density at radius 3 is 2.56 bits per heavy atom. The highest BCUT2D eigenvalue weighted by Gasteiger charge is 2.31. The van der Waals surface area contributed by atoms with Gasteiger partial charge in [0.05, 0.1) is 6.10 Å². The Morgan fingerprint density at radius 1 is 1.32 bits per heavy atom. The van der Waals surface area contributed by atoms with E-state index in [1.165, 1.54) is 0 Å².